The average molecular weight is 970 g/mol. The van der Waals surface area contributed by atoms with E-state index in [1.807, 2.05) is 91.3 Å². The van der Waals surface area contributed by atoms with Gasteiger partial charge in [-0.05, 0) is 95.9 Å². The molecule has 0 bridgehead atoms. The molecule has 356 valence electrons. The molecule has 2 heterocycles. The lowest BCUT2D eigenvalue weighted by Gasteiger charge is -2.27. The lowest BCUT2D eigenvalue weighted by Crippen LogP contribution is -2.29. The molecule has 0 unspecified atom stereocenters. The molecule has 4 rings (SSSR count). The molecule has 16 nitrogen and oxygen atoms in total. The molecule has 0 atom stereocenters. The van der Waals surface area contributed by atoms with Crippen LogP contribution in [0.5, 0.6) is 0 Å². The van der Waals surface area contributed by atoms with Gasteiger partial charge in [-0.1, -0.05) is 43.7 Å². The lowest BCUT2D eigenvalue weighted by molar-refractivity contribution is -0.437. The van der Waals surface area contributed by atoms with Crippen molar-refractivity contribution in [3.05, 3.63) is 95.3 Å². The zero-order valence-electron chi connectivity index (χ0n) is 37.8. The summed E-state index contributed by atoms with van der Waals surface area (Å²) in [5.74, 6) is -1.49. The van der Waals surface area contributed by atoms with Crippen LogP contribution in [0.1, 0.15) is 85.3 Å². The third-order valence-corrected chi connectivity index (χ3v) is 14.9. The van der Waals surface area contributed by atoms with E-state index in [-0.39, 0.29) is 37.2 Å². The topological polar surface area (TPSA) is 230 Å². The summed E-state index contributed by atoms with van der Waals surface area (Å²) in [7, 11) is -16.5. The summed E-state index contributed by atoms with van der Waals surface area (Å²) < 4.78 is 132. The Kier molecular flexibility index (Phi) is 17.4. The van der Waals surface area contributed by atoms with Crippen LogP contribution in [-0.2, 0) is 51.3 Å². The number of rotatable bonds is 24. The molecule has 0 spiro atoms. The SMILES string of the molecule is CCN(CCCS(=O)(=O)O)c1ccc2c(c1)C(C)(C)C(/C=C/C=C(C)/C=C/C=C1/N(CCCS(=O)(=O)O)c3ccc(N(CC)CCCS(=O)(=O)O)cc3C1(C)C)=[N+]2CCCS(=O)(=O)O. The molecule has 0 saturated heterocycles. The van der Waals surface area contributed by atoms with Crippen LogP contribution in [-0.4, -0.2) is 124 Å². The van der Waals surface area contributed by atoms with E-state index < -0.39 is 62.8 Å². The molecule has 0 radical (unpaired) electrons. The van der Waals surface area contributed by atoms with E-state index in [2.05, 4.69) is 49.3 Å². The Morgan fingerprint density at radius 3 is 1.70 bits per heavy atom. The Bertz CT molecular complexity index is 2630. The van der Waals surface area contributed by atoms with Gasteiger partial charge in [0, 0.05) is 85.0 Å². The molecule has 2 aromatic rings. The maximum absolute atomic E-state index is 11.7. The van der Waals surface area contributed by atoms with E-state index >= 15 is 0 Å². The molecule has 0 amide bonds. The largest absolute Gasteiger partial charge is 0.372 e. The van der Waals surface area contributed by atoms with Crippen molar-refractivity contribution in [2.24, 2.45) is 0 Å². The number of hydrogen-bond donors (Lipinski definition) is 4. The van der Waals surface area contributed by atoms with E-state index in [1.54, 1.807) is 0 Å². The highest BCUT2D eigenvalue weighted by Gasteiger charge is 2.45. The van der Waals surface area contributed by atoms with E-state index in [0.717, 1.165) is 50.9 Å². The van der Waals surface area contributed by atoms with Crippen molar-refractivity contribution >= 4 is 68.9 Å². The average Bonchev–Trinajstić information content (AvgIpc) is 3.51. The van der Waals surface area contributed by atoms with Crippen molar-refractivity contribution in [1.29, 1.82) is 0 Å². The summed E-state index contributed by atoms with van der Waals surface area (Å²) in [6, 6.07) is 11.9. The highest BCUT2D eigenvalue weighted by Crippen LogP contribution is 2.49. The predicted molar refractivity (Wildman–Crippen MR) is 256 cm³/mol. The first-order chi connectivity index (χ1) is 29.6. The second-order valence-corrected chi connectivity index (χ2v) is 23.5. The van der Waals surface area contributed by atoms with Crippen molar-refractivity contribution in [2.45, 2.75) is 85.0 Å². The van der Waals surface area contributed by atoms with Gasteiger partial charge in [-0.3, -0.25) is 18.2 Å². The van der Waals surface area contributed by atoms with E-state index in [4.69, 9.17) is 0 Å². The van der Waals surface area contributed by atoms with Gasteiger partial charge in [-0.15, -0.1) is 0 Å². The van der Waals surface area contributed by atoms with Gasteiger partial charge in [0.05, 0.1) is 28.4 Å². The number of fused-ring (bicyclic) bond motifs is 2. The number of allylic oxidation sites excluding steroid dienone is 8. The van der Waals surface area contributed by atoms with Gasteiger partial charge < -0.3 is 14.7 Å². The molecule has 20 heteroatoms. The summed E-state index contributed by atoms with van der Waals surface area (Å²) in [6.45, 7) is 16.8. The monoisotopic (exact) mass is 969 g/mol. The second-order valence-electron chi connectivity index (χ2n) is 17.2. The third kappa shape index (κ3) is 14.6. The van der Waals surface area contributed by atoms with Gasteiger partial charge in [0.1, 0.15) is 6.54 Å². The molecular formula is C44H65N4O12S4+. The number of nitrogens with zero attached hydrogens (tertiary/aromatic N) is 4. The molecule has 0 saturated carbocycles. The summed E-state index contributed by atoms with van der Waals surface area (Å²) in [5.41, 5.74) is 7.16. The maximum atomic E-state index is 11.7. The quantitative estimate of drug-likeness (QED) is 0.0496. The van der Waals surface area contributed by atoms with Crippen molar-refractivity contribution < 1.29 is 56.5 Å². The van der Waals surface area contributed by atoms with Crippen molar-refractivity contribution in [1.82, 2.24) is 0 Å². The van der Waals surface area contributed by atoms with Crippen LogP contribution in [0.2, 0.25) is 0 Å². The van der Waals surface area contributed by atoms with Crippen LogP contribution in [0.4, 0.5) is 22.7 Å². The fraction of sp³-hybridized carbons (Fsp3) is 0.523. The first-order valence-corrected chi connectivity index (χ1v) is 27.8. The van der Waals surface area contributed by atoms with Gasteiger partial charge in [-0.25, -0.2) is 0 Å². The van der Waals surface area contributed by atoms with Crippen molar-refractivity contribution in [3.63, 3.8) is 0 Å². The van der Waals surface area contributed by atoms with Gasteiger partial charge >= 0.3 is 0 Å². The van der Waals surface area contributed by atoms with Crippen LogP contribution < -0.4 is 14.7 Å². The molecule has 64 heavy (non-hydrogen) atoms. The Labute approximate surface area is 380 Å². The van der Waals surface area contributed by atoms with E-state index in [9.17, 15) is 51.9 Å². The fourth-order valence-electron chi connectivity index (χ4n) is 8.47. The fourth-order valence-corrected chi connectivity index (χ4v) is 10.4. The molecule has 2 aliphatic heterocycles. The van der Waals surface area contributed by atoms with Crippen LogP contribution in [0.25, 0.3) is 0 Å². The Morgan fingerprint density at radius 1 is 0.672 bits per heavy atom. The number of anilines is 3. The smallest absolute Gasteiger partial charge is 0.265 e. The number of hydrogen-bond acceptors (Lipinski definition) is 11. The highest BCUT2D eigenvalue weighted by atomic mass is 32.2. The zero-order chi connectivity index (χ0) is 47.9. The first kappa shape index (κ1) is 52.7. The molecule has 0 aliphatic carbocycles. The second kappa shape index (κ2) is 21.2. The minimum atomic E-state index is -4.18. The standard InChI is InChI=1S/C44H64N4O12S4/c1-8-45(24-12-28-61(49,50)51)35-20-22-39-37(32-35)43(4,5)41(47(39)26-14-30-63(55,56)57)18-10-16-34(3)17-11-19-42-44(6,7)38-33-36(46(9-2)25-13-29-62(52,53)54)21-23-40(38)48(42)27-15-31-64(58,59)60/h10-11,16-23,32-33H,8-9,12-15,24-31H2,1-7H3,(H3-,49,50,51,52,53,54,55,56,57,58,59,60)/p+1. The molecular weight excluding hydrogens is 905 g/mol. The summed E-state index contributed by atoms with van der Waals surface area (Å²) in [5, 5.41) is 0. The molecule has 2 aliphatic rings. The summed E-state index contributed by atoms with van der Waals surface area (Å²) in [4.78, 5) is 6.13. The van der Waals surface area contributed by atoms with Gasteiger partial charge in [0.2, 0.25) is 5.69 Å². The van der Waals surface area contributed by atoms with Crippen LogP contribution in [0.3, 0.4) is 0 Å². The van der Waals surface area contributed by atoms with Crippen LogP contribution in [0, 0.1) is 0 Å². The van der Waals surface area contributed by atoms with Crippen LogP contribution >= 0.6 is 0 Å². The Hall–Kier alpha value is -3.89. The zero-order valence-corrected chi connectivity index (χ0v) is 41.1. The lowest BCUT2D eigenvalue weighted by atomic mass is 9.81. The van der Waals surface area contributed by atoms with Crippen LogP contribution in [0.15, 0.2) is 84.1 Å². The molecule has 4 N–H and O–H groups in total. The third-order valence-electron chi connectivity index (χ3n) is 11.7. The Morgan fingerprint density at radius 2 is 1.17 bits per heavy atom. The van der Waals surface area contributed by atoms with Gasteiger partial charge in [0.25, 0.3) is 40.5 Å². The summed E-state index contributed by atoms with van der Waals surface area (Å²) >= 11 is 0. The molecule has 2 aromatic carbocycles. The Balaban J connectivity index is 1.64. The van der Waals surface area contributed by atoms with E-state index in [1.165, 1.54) is 0 Å². The van der Waals surface area contributed by atoms with Crippen molar-refractivity contribution in [2.75, 3.05) is 77.0 Å². The van der Waals surface area contributed by atoms with Crippen molar-refractivity contribution in [3.8, 4) is 0 Å². The normalized spacial score (nSPS) is 17.3. The minimum absolute atomic E-state index is 0.179. The minimum Gasteiger partial charge on any atom is -0.372 e. The summed E-state index contributed by atoms with van der Waals surface area (Å²) in [6.07, 6.45) is 12.6. The molecule has 0 fully saturated rings. The first-order valence-electron chi connectivity index (χ1n) is 21.3. The highest BCUT2D eigenvalue weighted by molar-refractivity contribution is 7.86. The predicted octanol–water partition coefficient (Wildman–Crippen LogP) is 6.57. The molecule has 0 aromatic heterocycles. The number of benzene rings is 2. The maximum Gasteiger partial charge on any atom is 0.265 e. The van der Waals surface area contributed by atoms with E-state index in [0.29, 0.717) is 39.3 Å². The van der Waals surface area contributed by atoms with Gasteiger partial charge in [-0.2, -0.15) is 38.2 Å². The van der Waals surface area contributed by atoms with Gasteiger partial charge in [0.15, 0.2) is 5.71 Å².